The molecule has 0 spiro atoms. The van der Waals surface area contributed by atoms with Gasteiger partial charge in [0.25, 0.3) is 11.5 Å². The van der Waals surface area contributed by atoms with Crippen molar-refractivity contribution in [1.29, 1.82) is 0 Å². The van der Waals surface area contributed by atoms with Crippen molar-refractivity contribution in [3.63, 3.8) is 0 Å². The number of anilines is 2. The van der Waals surface area contributed by atoms with Gasteiger partial charge in [-0.15, -0.1) is 5.10 Å². The number of aryl methyl sites for hydroxylation is 2. The van der Waals surface area contributed by atoms with E-state index < -0.39 is 29.1 Å². The molecule has 55 heavy (non-hydrogen) atoms. The Kier molecular flexibility index (Phi) is 10.1. The molecule has 2 aliphatic heterocycles. The zero-order valence-electron chi connectivity index (χ0n) is 29.9. The minimum Gasteiger partial charge on any atom is -0.504 e. The number of aromatic nitrogens is 8. The number of alkyl halides is 3. The first kappa shape index (κ1) is 37.5. The Bertz CT molecular complexity index is 2420. The summed E-state index contributed by atoms with van der Waals surface area (Å²) in [4.78, 5) is 58.3. The second kappa shape index (κ2) is 14.8. The standard InChI is InChI=1S/C35H35ClF3N11O5/c1-4-25-28(47-9-11-48(12-10-47)32(53)27-29(52)19(2)41-30(43-27)21-16-40-46(3)17-21)33(54)50-34(44-31(45-50)20-7-13-55-14-8-20)49(25)18-26(51)42-24-6-5-22(15-23(24)36)35(37,38)39/h5-7,15-17,52H,4,8-14,18H2,1-3H3,(H,42,51). The summed E-state index contributed by atoms with van der Waals surface area (Å²) in [6, 6.07) is 2.62. The summed E-state index contributed by atoms with van der Waals surface area (Å²) in [5, 5.41) is 21.8. The average molecular weight is 782 g/mol. The SMILES string of the molecule is CCc1c(N2CCN(C(=O)c3nc(-c4cnn(C)c4)nc(C)c3O)CC2)c(=O)n2nc(C3=CCOCC3)nc2n1CC(=O)Nc1ccc(C(F)(F)F)cc1Cl. The van der Waals surface area contributed by atoms with E-state index in [4.69, 9.17) is 16.3 Å². The third-order valence-electron chi connectivity index (χ3n) is 9.39. The molecule has 1 saturated heterocycles. The van der Waals surface area contributed by atoms with Gasteiger partial charge in [-0.1, -0.05) is 24.6 Å². The first-order valence-corrected chi connectivity index (χ1v) is 17.7. The van der Waals surface area contributed by atoms with Crippen molar-refractivity contribution in [2.45, 2.75) is 39.4 Å². The quantitative estimate of drug-likeness (QED) is 0.235. The van der Waals surface area contributed by atoms with Gasteiger partial charge in [0.1, 0.15) is 12.2 Å². The number of carbonyl (C=O) groups excluding carboxylic acids is 2. The van der Waals surface area contributed by atoms with E-state index in [0.29, 0.717) is 36.7 Å². The lowest BCUT2D eigenvalue weighted by atomic mass is 10.1. The van der Waals surface area contributed by atoms with Crippen LogP contribution in [0, 0.1) is 6.92 Å². The molecule has 288 valence electrons. The van der Waals surface area contributed by atoms with E-state index in [1.807, 2.05) is 17.9 Å². The number of benzene rings is 1. The predicted molar refractivity (Wildman–Crippen MR) is 194 cm³/mol. The highest BCUT2D eigenvalue weighted by Gasteiger charge is 2.33. The van der Waals surface area contributed by atoms with Crippen LogP contribution in [-0.2, 0) is 35.7 Å². The molecule has 2 N–H and O–H groups in total. The molecular weight excluding hydrogens is 747 g/mol. The number of nitrogens with one attached hydrogen (secondary N) is 1. The minimum atomic E-state index is -4.62. The van der Waals surface area contributed by atoms with Gasteiger partial charge in [0.15, 0.2) is 23.1 Å². The zero-order chi connectivity index (χ0) is 39.2. The highest BCUT2D eigenvalue weighted by molar-refractivity contribution is 6.33. The Balaban J connectivity index is 1.20. The fourth-order valence-corrected chi connectivity index (χ4v) is 6.81. The number of hydrogen-bond acceptors (Lipinski definition) is 11. The van der Waals surface area contributed by atoms with Gasteiger partial charge in [-0.25, -0.2) is 9.97 Å². The van der Waals surface area contributed by atoms with E-state index in [0.717, 1.165) is 28.3 Å². The Labute approximate surface area is 315 Å². The Hall–Kier alpha value is -5.82. The van der Waals surface area contributed by atoms with E-state index in [9.17, 15) is 32.7 Å². The number of fused-ring (bicyclic) bond motifs is 1. The largest absolute Gasteiger partial charge is 0.504 e. The highest BCUT2D eigenvalue weighted by atomic mass is 35.5. The van der Waals surface area contributed by atoms with Gasteiger partial charge in [0, 0.05) is 39.4 Å². The van der Waals surface area contributed by atoms with E-state index >= 15 is 0 Å². The topological polar surface area (TPSA) is 178 Å². The van der Waals surface area contributed by atoms with Crippen molar-refractivity contribution in [2.24, 2.45) is 7.05 Å². The summed E-state index contributed by atoms with van der Waals surface area (Å²) >= 11 is 6.13. The minimum absolute atomic E-state index is 0.0252. The third-order valence-corrected chi connectivity index (χ3v) is 9.70. The molecule has 5 aromatic rings. The molecule has 6 heterocycles. The number of piperazine rings is 1. The number of ether oxygens (including phenoxy) is 1. The fourth-order valence-electron chi connectivity index (χ4n) is 6.59. The van der Waals surface area contributed by atoms with Gasteiger partial charge >= 0.3 is 6.18 Å². The van der Waals surface area contributed by atoms with Crippen LogP contribution in [0.1, 0.15) is 46.6 Å². The molecular formula is C35H35ClF3N11O5. The van der Waals surface area contributed by atoms with Crippen LogP contribution in [0.2, 0.25) is 5.02 Å². The molecule has 0 saturated carbocycles. The summed E-state index contributed by atoms with van der Waals surface area (Å²) in [5.41, 5.74) is 0.644. The summed E-state index contributed by atoms with van der Waals surface area (Å²) in [6.07, 6.45) is 1.23. The van der Waals surface area contributed by atoms with E-state index in [1.54, 1.807) is 35.6 Å². The molecule has 1 aromatic carbocycles. The molecule has 0 atom stereocenters. The number of halogens is 4. The fraction of sp³-hybridized carbons (Fsp3) is 0.371. The summed E-state index contributed by atoms with van der Waals surface area (Å²) in [7, 11) is 1.73. The lowest BCUT2D eigenvalue weighted by Gasteiger charge is -2.36. The summed E-state index contributed by atoms with van der Waals surface area (Å²) < 4.78 is 49.4. The number of carbonyl (C=O) groups is 2. The van der Waals surface area contributed by atoms with Crippen LogP contribution in [-0.4, -0.2) is 100 Å². The van der Waals surface area contributed by atoms with Crippen LogP contribution < -0.4 is 15.8 Å². The van der Waals surface area contributed by atoms with Crippen LogP contribution in [0.5, 0.6) is 5.75 Å². The second-order valence-corrected chi connectivity index (χ2v) is 13.4. The highest BCUT2D eigenvalue weighted by Crippen LogP contribution is 2.34. The van der Waals surface area contributed by atoms with E-state index in [2.05, 4.69) is 30.5 Å². The molecule has 7 rings (SSSR count). The molecule has 4 aromatic heterocycles. The molecule has 0 bridgehead atoms. The van der Waals surface area contributed by atoms with E-state index in [-0.39, 0.29) is 84.3 Å². The first-order chi connectivity index (χ1) is 26.2. The average Bonchev–Trinajstić information content (AvgIpc) is 3.82. The number of aromatic hydroxyl groups is 1. The molecule has 2 aliphatic rings. The van der Waals surface area contributed by atoms with Gasteiger partial charge < -0.3 is 29.5 Å². The lowest BCUT2D eigenvalue weighted by molar-refractivity contribution is -0.137. The van der Waals surface area contributed by atoms with Gasteiger partial charge in [-0.3, -0.25) is 19.1 Å². The maximum atomic E-state index is 14.3. The second-order valence-electron chi connectivity index (χ2n) is 13.0. The number of rotatable bonds is 8. The van der Waals surface area contributed by atoms with Crippen molar-refractivity contribution in [2.75, 3.05) is 49.6 Å². The summed E-state index contributed by atoms with van der Waals surface area (Å²) in [6.45, 7) is 4.51. The number of amides is 2. The van der Waals surface area contributed by atoms with Gasteiger partial charge in [0.05, 0.1) is 52.6 Å². The summed E-state index contributed by atoms with van der Waals surface area (Å²) in [5.74, 6) is -0.862. The Morgan fingerprint density at radius 1 is 1.09 bits per heavy atom. The van der Waals surface area contributed by atoms with Gasteiger partial charge in [0.2, 0.25) is 11.7 Å². The van der Waals surface area contributed by atoms with Gasteiger partial charge in [-0.05, 0) is 43.5 Å². The van der Waals surface area contributed by atoms with Crippen molar-refractivity contribution in [3.05, 3.63) is 80.5 Å². The molecule has 0 aliphatic carbocycles. The lowest BCUT2D eigenvalue weighted by Crippen LogP contribution is -2.51. The molecule has 2 amide bonds. The van der Waals surface area contributed by atoms with Crippen LogP contribution in [0.3, 0.4) is 0 Å². The van der Waals surface area contributed by atoms with E-state index in [1.165, 1.54) is 4.90 Å². The maximum absolute atomic E-state index is 14.3. The normalized spacial score (nSPS) is 15.1. The smallest absolute Gasteiger partial charge is 0.416 e. The van der Waals surface area contributed by atoms with Crippen LogP contribution in [0.4, 0.5) is 24.5 Å². The van der Waals surface area contributed by atoms with Crippen molar-refractivity contribution >= 4 is 46.1 Å². The van der Waals surface area contributed by atoms with Crippen molar-refractivity contribution < 1.29 is 32.6 Å². The zero-order valence-corrected chi connectivity index (χ0v) is 30.6. The monoisotopic (exact) mass is 781 g/mol. The maximum Gasteiger partial charge on any atom is 0.416 e. The van der Waals surface area contributed by atoms with Crippen LogP contribution in [0.15, 0.2) is 41.5 Å². The first-order valence-electron chi connectivity index (χ1n) is 17.3. The van der Waals surface area contributed by atoms with Crippen molar-refractivity contribution in [3.8, 4) is 17.1 Å². The molecule has 20 heteroatoms. The number of nitrogens with zero attached hydrogens (tertiary/aromatic N) is 10. The van der Waals surface area contributed by atoms with Crippen LogP contribution >= 0.6 is 11.6 Å². The third kappa shape index (κ3) is 7.36. The number of hydrogen-bond donors (Lipinski definition) is 2. The predicted octanol–water partition coefficient (Wildman–Crippen LogP) is 3.73. The van der Waals surface area contributed by atoms with Crippen molar-refractivity contribution in [1.82, 2.24) is 43.8 Å². The van der Waals surface area contributed by atoms with Gasteiger partial charge in [-0.2, -0.15) is 27.8 Å². The van der Waals surface area contributed by atoms with Crippen LogP contribution in [0.25, 0.3) is 22.7 Å². The Morgan fingerprint density at radius 3 is 2.49 bits per heavy atom. The Morgan fingerprint density at radius 2 is 1.85 bits per heavy atom. The molecule has 0 radical (unpaired) electrons. The molecule has 0 unspecified atom stereocenters. The molecule has 1 fully saturated rings. The molecule has 16 nitrogen and oxygen atoms in total.